The van der Waals surface area contributed by atoms with Crippen molar-refractivity contribution in [2.45, 2.75) is 37.8 Å². The molecule has 1 aliphatic heterocycles. The highest BCUT2D eigenvalue weighted by Crippen LogP contribution is 2.29. The van der Waals surface area contributed by atoms with Gasteiger partial charge in [-0.15, -0.1) is 0 Å². The summed E-state index contributed by atoms with van der Waals surface area (Å²) in [5.74, 6) is 0. The lowest BCUT2D eigenvalue weighted by molar-refractivity contribution is 0.139. The van der Waals surface area contributed by atoms with E-state index in [2.05, 4.69) is 27.3 Å². The van der Waals surface area contributed by atoms with E-state index in [1.54, 1.807) is 0 Å². The zero-order valence-corrected chi connectivity index (χ0v) is 10.8. The highest BCUT2D eigenvalue weighted by Gasteiger charge is 2.22. The Labute approximate surface area is 91.0 Å². The number of rotatable bonds is 4. The summed E-state index contributed by atoms with van der Waals surface area (Å²) in [6, 6.07) is 0.629. The van der Waals surface area contributed by atoms with Gasteiger partial charge < -0.3 is 5.11 Å². The van der Waals surface area contributed by atoms with E-state index in [0.29, 0.717) is 11.4 Å². The van der Waals surface area contributed by atoms with Crippen LogP contribution in [-0.4, -0.2) is 40.5 Å². The van der Waals surface area contributed by atoms with E-state index in [1.807, 2.05) is 0 Å². The van der Waals surface area contributed by atoms with Gasteiger partial charge in [-0.05, 0) is 25.9 Å². The molecule has 13 heavy (non-hydrogen) atoms. The van der Waals surface area contributed by atoms with Crippen molar-refractivity contribution in [3.05, 3.63) is 0 Å². The van der Waals surface area contributed by atoms with E-state index in [0.717, 1.165) is 15.2 Å². The fourth-order valence-corrected chi connectivity index (χ4v) is 3.16. The Balaban J connectivity index is 2.35. The summed E-state index contributed by atoms with van der Waals surface area (Å²) in [4.78, 5) is 0. The molecule has 0 aromatic carbocycles. The number of aliphatic hydroxyl groups excluding tert-OH is 1. The van der Waals surface area contributed by atoms with Gasteiger partial charge >= 0.3 is 0 Å². The SMILES string of the molecule is CPN1CCCC[C@H]1CC(O)CBr. The number of aliphatic hydroxyl groups is 1. The zero-order valence-electron chi connectivity index (χ0n) is 8.17. The van der Waals surface area contributed by atoms with Gasteiger partial charge in [-0.2, -0.15) is 0 Å². The molecule has 0 aliphatic carbocycles. The third kappa shape index (κ3) is 3.83. The third-order valence-electron chi connectivity index (χ3n) is 2.64. The van der Waals surface area contributed by atoms with E-state index in [4.69, 9.17) is 0 Å². The quantitative estimate of drug-likeness (QED) is 0.624. The summed E-state index contributed by atoms with van der Waals surface area (Å²) < 4.78 is 2.52. The van der Waals surface area contributed by atoms with Crippen LogP contribution in [0.1, 0.15) is 25.7 Å². The van der Waals surface area contributed by atoms with Gasteiger partial charge in [-0.1, -0.05) is 31.1 Å². The molecule has 0 radical (unpaired) electrons. The number of nitrogens with zero attached hydrogens (tertiary/aromatic N) is 1. The summed E-state index contributed by atoms with van der Waals surface area (Å²) in [6.07, 6.45) is 4.71. The van der Waals surface area contributed by atoms with Crippen LogP contribution in [0.5, 0.6) is 0 Å². The normalized spacial score (nSPS) is 28.4. The molecule has 0 aromatic rings. The molecule has 2 unspecified atom stereocenters. The molecular weight excluding hydrogens is 249 g/mol. The number of hydrogen-bond donors (Lipinski definition) is 1. The smallest absolute Gasteiger partial charge is 0.0652 e. The molecule has 4 heteroatoms. The lowest BCUT2D eigenvalue weighted by atomic mass is 10.00. The second kappa shape index (κ2) is 6.34. The third-order valence-corrected chi connectivity index (χ3v) is 4.55. The van der Waals surface area contributed by atoms with E-state index >= 15 is 0 Å². The molecule has 1 saturated heterocycles. The van der Waals surface area contributed by atoms with Gasteiger partial charge in [0.25, 0.3) is 0 Å². The van der Waals surface area contributed by atoms with Gasteiger partial charge in [0.1, 0.15) is 0 Å². The van der Waals surface area contributed by atoms with Crippen LogP contribution in [-0.2, 0) is 0 Å². The van der Waals surface area contributed by atoms with Crippen LogP contribution < -0.4 is 0 Å². The lowest BCUT2D eigenvalue weighted by Gasteiger charge is -2.35. The summed E-state index contributed by atoms with van der Waals surface area (Å²) in [6.45, 7) is 3.47. The van der Waals surface area contributed by atoms with Crippen LogP contribution in [0.3, 0.4) is 0 Å². The maximum atomic E-state index is 9.55. The number of hydrogen-bond acceptors (Lipinski definition) is 2. The predicted octanol–water partition coefficient (Wildman–Crippen LogP) is 2.21. The zero-order chi connectivity index (χ0) is 9.68. The lowest BCUT2D eigenvalue weighted by Crippen LogP contribution is -2.36. The summed E-state index contributed by atoms with van der Waals surface area (Å²) in [7, 11) is 0.895. The molecule has 3 atom stereocenters. The minimum atomic E-state index is -0.165. The molecular formula is C9H19BrNOP. The van der Waals surface area contributed by atoms with Crippen LogP contribution in [0.15, 0.2) is 0 Å². The molecule has 0 bridgehead atoms. The largest absolute Gasteiger partial charge is 0.392 e. The van der Waals surface area contributed by atoms with Crippen molar-refractivity contribution in [1.82, 2.24) is 4.67 Å². The monoisotopic (exact) mass is 267 g/mol. The van der Waals surface area contributed by atoms with E-state index < -0.39 is 0 Å². The first-order valence-electron chi connectivity index (χ1n) is 4.96. The van der Waals surface area contributed by atoms with Crippen LogP contribution >= 0.6 is 24.7 Å². The van der Waals surface area contributed by atoms with Crippen LogP contribution in [0.2, 0.25) is 0 Å². The first-order chi connectivity index (χ1) is 6.27. The molecule has 0 saturated carbocycles. The topological polar surface area (TPSA) is 23.5 Å². The maximum Gasteiger partial charge on any atom is 0.0652 e. The van der Waals surface area contributed by atoms with E-state index in [1.165, 1.54) is 25.8 Å². The number of alkyl halides is 1. The van der Waals surface area contributed by atoms with Gasteiger partial charge in [0.15, 0.2) is 0 Å². The van der Waals surface area contributed by atoms with Gasteiger partial charge in [0, 0.05) is 17.9 Å². The fourth-order valence-electron chi connectivity index (χ4n) is 1.92. The average Bonchev–Trinajstić information content (AvgIpc) is 2.18. The molecule has 1 rings (SSSR count). The fraction of sp³-hybridized carbons (Fsp3) is 1.00. The van der Waals surface area contributed by atoms with Crippen molar-refractivity contribution >= 4 is 24.7 Å². The summed E-state index contributed by atoms with van der Waals surface area (Å²) in [5, 5.41) is 10.3. The minimum Gasteiger partial charge on any atom is -0.392 e. The molecule has 1 aliphatic rings. The van der Waals surface area contributed by atoms with Crippen molar-refractivity contribution in [3.8, 4) is 0 Å². The van der Waals surface area contributed by atoms with Gasteiger partial charge in [-0.3, -0.25) is 4.67 Å². The molecule has 1 N–H and O–H groups in total. The molecule has 78 valence electrons. The Kier molecular flexibility index (Phi) is 5.80. The van der Waals surface area contributed by atoms with E-state index in [9.17, 15) is 5.11 Å². The Hall–Kier alpha value is 0.830. The number of halogens is 1. The predicted molar refractivity (Wildman–Crippen MR) is 63.0 cm³/mol. The van der Waals surface area contributed by atoms with Crippen molar-refractivity contribution in [2.24, 2.45) is 0 Å². The Morgan fingerprint density at radius 2 is 2.38 bits per heavy atom. The van der Waals surface area contributed by atoms with Crippen LogP contribution in [0.25, 0.3) is 0 Å². The highest BCUT2D eigenvalue weighted by atomic mass is 79.9. The van der Waals surface area contributed by atoms with Crippen molar-refractivity contribution < 1.29 is 5.11 Å². The minimum absolute atomic E-state index is 0.165. The van der Waals surface area contributed by atoms with Crippen LogP contribution in [0.4, 0.5) is 0 Å². The Bertz CT molecular complexity index is 148. The van der Waals surface area contributed by atoms with Crippen molar-refractivity contribution in [3.63, 3.8) is 0 Å². The Morgan fingerprint density at radius 1 is 1.62 bits per heavy atom. The summed E-state index contributed by atoms with van der Waals surface area (Å²) >= 11 is 3.32. The standard InChI is InChI=1S/C9H19BrNOP/c1-13-11-5-3-2-4-8(11)6-9(12)7-10/h8-9,12-13H,2-7H2,1H3/t8-,9?/m0/s1. The van der Waals surface area contributed by atoms with Gasteiger partial charge in [0.2, 0.25) is 0 Å². The van der Waals surface area contributed by atoms with Crippen molar-refractivity contribution in [1.29, 1.82) is 0 Å². The summed E-state index contributed by atoms with van der Waals surface area (Å²) in [5.41, 5.74) is 0. The maximum absolute atomic E-state index is 9.55. The van der Waals surface area contributed by atoms with E-state index in [-0.39, 0.29) is 6.10 Å². The first kappa shape index (κ1) is 11.9. The number of piperidine rings is 1. The van der Waals surface area contributed by atoms with Crippen molar-refractivity contribution in [2.75, 3.05) is 18.5 Å². The Morgan fingerprint density at radius 3 is 3.00 bits per heavy atom. The second-order valence-electron chi connectivity index (χ2n) is 3.61. The molecule has 0 aromatic heterocycles. The second-order valence-corrected chi connectivity index (χ2v) is 5.28. The molecule has 2 nitrogen and oxygen atoms in total. The first-order valence-corrected chi connectivity index (χ1v) is 7.53. The molecule has 1 fully saturated rings. The highest BCUT2D eigenvalue weighted by molar-refractivity contribution is 9.09. The van der Waals surface area contributed by atoms with Gasteiger partial charge in [-0.25, -0.2) is 0 Å². The average molecular weight is 268 g/mol. The van der Waals surface area contributed by atoms with Gasteiger partial charge in [0.05, 0.1) is 6.10 Å². The molecule has 0 spiro atoms. The molecule has 0 amide bonds. The molecule has 1 heterocycles. The van der Waals surface area contributed by atoms with Crippen LogP contribution in [0, 0.1) is 0 Å².